The highest BCUT2D eigenvalue weighted by atomic mass is 32.1. The first kappa shape index (κ1) is 17.4. The fourth-order valence-electron chi connectivity index (χ4n) is 2.26. The van der Waals surface area contributed by atoms with Gasteiger partial charge in [-0.1, -0.05) is 13.8 Å². The molecular formula is C17H24N4OS. The van der Waals surface area contributed by atoms with Crippen molar-refractivity contribution in [2.75, 3.05) is 25.6 Å². The van der Waals surface area contributed by atoms with Crippen molar-refractivity contribution in [1.29, 1.82) is 0 Å². The number of hydrazone groups is 1. The number of hydrogen-bond acceptors (Lipinski definition) is 6. The van der Waals surface area contributed by atoms with Crippen molar-refractivity contribution < 1.29 is 4.74 Å². The lowest BCUT2D eigenvalue weighted by atomic mass is 10.1. The van der Waals surface area contributed by atoms with Gasteiger partial charge in [0.2, 0.25) is 5.13 Å². The van der Waals surface area contributed by atoms with Crippen LogP contribution >= 0.6 is 11.3 Å². The lowest BCUT2D eigenvalue weighted by molar-refractivity contribution is 0.289. The van der Waals surface area contributed by atoms with Crippen molar-refractivity contribution in [2.24, 2.45) is 5.10 Å². The number of aryl methyl sites for hydroxylation is 1. The second kappa shape index (κ2) is 8.64. The Morgan fingerprint density at radius 3 is 2.74 bits per heavy atom. The summed E-state index contributed by atoms with van der Waals surface area (Å²) >= 11 is 1.55. The predicted molar refractivity (Wildman–Crippen MR) is 97.7 cm³/mol. The van der Waals surface area contributed by atoms with Gasteiger partial charge < -0.3 is 4.74 Å². The molecule has 0 atom stereocenters. The van der Waals surface area contributed by atoms with Crippen LogP contribution in [0.5, 0.6) is 5.75 Å². The Kier molecular flexibility index (Phi) is 6.55. The molecular weight excluding hydrogens is 308 g/mol. The maximum atomic E-state index is 5.47. The van der Waals surface area contributed by atoms with Crippen LogP contribution < -0.4 is 10.2 Å². The number of benzene rings is 1. The number of thiazole rings is 1. The van der Waals surface area contributed by atoms with E-state index in [-0.39, 0.29) is 0 Å². The number of ether oxygens (including phenoxy) is 1. The van der Waals surface area contributed by atoms with E-state index in [1.807, 2.05) is 30.7 Å². The smallest absolute Gasteiger partial charge is 0.203 e. The summed E-state index contributed by atoms with van der Waals surface area (Å²) in [5.74, 6) is 0.914. The molecule has 2 rings (SSSR count). The van der Waals surface area contributed by atoms with E-state index in [1.54, 1.807) is 18.4 Å². The van der Waals surface area contributed by atoms with Crippen molar-refractivity contribution in [2.45, 2.75) is 27.3 Å². The first-order chi connectivity index (χ1) is 11.2. The van der Waals surface area contributed by atoms with Gasteiger partial charge in [0, 0.05) is 17.5 Å². The van der Waals surface area contributed by atoms with Gasteiger partial charge in [0.05, 0.1) is 19.0 Å². The standard InChI is InChI=1S/C17H24N4OS/c1-5-21(6-2)11-15-9-14(7-8-16(15)22-4)10-18-20-17-19-13(3)12-23-17/h7-10,12H,5-6,11H2,1-4H3,(H,19,20). The summed E-state index contributed by atoms with van der Waals surface area (Å²) in [6.45, 7) is 9.21. The molecule has 0 unspecified atom stereocenters. The maximum absolute atomic E-state index is 5.47. The molecule has 1 aromatic heterocycles. The van der Waals surface area contributed by atoms with E-state index in [1.165, 1.54) is 5.56 Å². The van der Waals surface area contributed by atoms with Gasteiger partial charge in [-0.3, -0.25) is 10.3 Å². The second-order valence-electron chi connectivity index (χ2n) is 5.20. The molecule has 1 heterocycles. The van der Waals surface area contributed by atoms with Crippen molar-refractivity contribution in [3.05, 3.63) is 40.4 Å². The van der Waals surface area contributed by atoms with Gasteiger partial charge in [-0.05, 0) is 43.8 Å². The van der Waals surface area contributed by atoms with Crippen LogP contribution in [0.25, 0.3) is 0 Å². The lowest BCUT2D eigenvalue weighted by Crippen LogP contribution is -2.22. The summed E-state index contributed by atoms with van der Waals surface area (Å²) in [6, 6.07) is 6.12. The van der Waals surface area contributed by atoms with E-state index in [4.69, 9.17) is 4.74 Å². The lowest BCUT2D eigenvalue weighted by Gasteiger charge is -2.19. The van der Waals surface area contributed by atoms with E-state index in [2.05, 4.69) is 40.3 Å². The number of methoxy groups -OCH3 is 1. The molecule has 0 radical (unpaired) electrons. The summed E-state index contributed by atoms with van der Waals surface area (Å²) in [4.78, 5) is 6.67. The quantitative estimate of drug-likeness (QED) is 0.591. The SMILES string of the molecule is CCN(CC)Cc1cc(C=NNc2nc(C)cs2)ccc1OC. The number of aromatic nitrogens is 1. The molecule has 124 valence electrons. The predicted octanol–water partition coefficient (Wildman–Crippen LogP) is 3.75. The molecule has 0 amide bonds. The van der Waals surface area contributed by atoms with Gasteiger partial charge in [0.1, 0.15) is 5.75 Å². The Bertz CT molecular complexity index is 650. The summed E-state index contributed by atoms with van der Waals surface area (Å²) in [5.41, 5.74) is 6.17. The highest BCUT2D eigenvalue weighted by Crippen LogP contribution is 2.21. The number of nitrogens with zero attached hydrogens (tertiary/aromatic N) is 3. The molecule has 1 N–H and O–H groups in total. The fraction of sp³-hybridized carbons (Fsp3) is 0.412. The molecule has 0 spiro atoms. The van der Waals surface area contributed by atoms with E-state index in [9.17, 15) is 0 Å². The van der Waals surface area contributed by atoms with Crippen molar-refractivity contribution in [1.82, 2.24) is 9.88 Å². The Balaban J connectivity index is 2.09. The summed E-state index contributed by atoms with van der Waals surface area (Å²) in [5, 5.41) is 7.05. The topological polar surface area (TPSA) is 49.8 Å². The summed E-state index contributed by atoms with van der Waals surface area (Å²) in [6.07, 6.45) is 1.81. The average molecular weight is 332 g/mol. The summed E-state index contributed by atoms with van der Waals surface area (Å²) in [7, 11) is 1.71. The fourth-order valence-corrected chi connectivity index (χ4v) is 2.89. The van der Waals surface area contributed by atoms with Crippen molar-refractivity contribution in [3.63, 3.8) is 0 Å². The third-order valence-corrected chi connectivity index (χ3v) is 4.45. The monoisotopic (exact) mass is 332 g/mol. The Labute approximate surface area is 142 Å². The molecule has 0 saturated carbocycles. The van der Waals surface area contributed by atoms with E-state index in [0.29, 0.717) is 0 Å². The van der Waals surface area contributed by atoms with Crippen LogP contribution in [-0.2, 0) is 6.54 Å². The molecule has 0 bridgehead atoms. The zero-order chi connectivity index (χ0) is 16.7. The van der Waals surface area contributed by atoms with E-state index in [0.717, 1.165) is 41.8 Å². The number of nitrogens with one attached hydrogen (secondary N) is 1. The molecule has 0 fully saturated rings. The minimum atomic E-state index is 0.802. The highest BCUT2D eigenvalue weighted by Gasteiger charge is 2.08. The van der Waals surface area contributed by atoms with Crippen LogP contribution in [0.4, 0.5) is 5.13 Å². The Morgan fingerprint density at radius 1 is 1.35 bits per heavy atom. The number of rotatable bonds is 8. The first-order valence-corrected chi connectivity index (χ1v) is 8.64. The summed E-state index contributed by atoms with van der Waals surface area (Å²) < 4.78 is 5.47. The molecule has 6 heteroatoms. The molecule has 0 aliphatic rings. The van der Waals surface area contributed by atoms with Crippen LogP contribution in [0.1, 0.15) is 30.7 Å². The van der Waals surface area contributed by atoms with Crippen molar-refractivity contribution in [3.8, 4) is 5.75 Å². The normalized spacial score (nSPS) is 11.3. The molecule has 2 aromatic rings. The van der Waals surface area contributed by atoms with Gasteiger partial charge >= 0.3 is 0 Å². The molecule has 23 heavy (non-hydrogen) atoms. The minimum absolute atomic E-state index is 0.802. The number of hydrogen-bond donors (Lipinski definition) is 1. The number of anilines is 1. The third kappa shape index (κ3) is 5.04. The van der Waals surface area contributed by atoms with Crippen LogP contribution in [0.2, 0.25) is 0 Å². The van der Waals surface area contributed by atoms with Gasteiger partial charge in [0.15, 0.2) is 0 Å². The largest absolute Gasteiger partial charge is 0.496 e. The van der Waals surface area contributed by atoms with Crippen LogP contribution in [0.3, 0.4) is 0 Å². The van der Waals surface area contributed by atoms with Crippen molar-refractivity contribution >= 4 is 22.7 Å². The maximum Gasteiger partial charge on any atom is 0.203 e. The average Bonchev–Trinajstić information content (AvgIpc) is 2.98. The van der Waals surface area contributed by atoms with Gasteiger partial charge in [-0.25, -0.2) is 4.98 Å². The Morgan fingerprint density at radius 2 is 2.13 bits per heavy atom. The zero-order valence-corrected chi connectivity index (χ0v) is 15.0. The molecule has 0 saturated heterocycles. The van der Waals surface area contributed by atoms with Crippen LogP contribution in [0.15, 0.2) is 28.7 Å². The first-order valence-electron chi connectivity index (χ1n) is 7.76. The van der Waals surface area contributed by atoms with Gasteiger partial charge in [-0.15, -0.1) is 11.3 Å². The second-order valence-corrected chi connectivity index (χ2v) is 6.05. The molecule has 0 aliphatic heterocycles. The van der Waals surface area contributed by atoms with E-state index < -0.39 is 0 Å². The molecule has 0 aliphatic carbocycles. The zero-order valence-electron chi connectivity index (χ0n) is 14.2. The van der Waals surface area contributed by atoms with E-state index >= 15 is 0 Å². The van der Waals surface area contributed by atoms with Crippen LogP contribution in [-0.4, -0.2) is 36.3 Å². The van der Waals surface area contributed by atoms with Gasteiger partial charge in [0.25, 0.3) is 0 Å². The Hall–Kier alpha value is -1.92. The van der Waals surface area contributed by atoms with Gasteiger partial charge in [-0.2, -0.15) is 5.10 Å². The third-order valence-electron chi connectivity index (χ3n) is 3.59. The molecule has 1 aromatic carbocycles. The van der Waals surface area contributed by atoms with Crippen LogP contribution in [0, 0.1) is 6.92 Å². The highest BCUT2D eigenvalue weighted by molar-refractivity contribution is 7.13. The molecule has 5 nitrogen and oxygen atoms in total. The minimum Gasteiger partial charge on any atom is -0.496 e.